The van der Waals surface area contributed by atoms with E-state index in [1.54, 1.807) is 0 Å². The first-order valence-corrected chi connectivity index (χ1v) is 5.76. The Bertz CT molecular complexity index is 152. The molecule has 0 heterocycles. The van der Waals surface area contributed by atoms with Gasteiger partial charge in [-0.15, -0.1) is 12.4 Å². The Morgan fingerprint density at radius 2 is 2.00 bits per heavy atom. The molecule has 2 N–H and O–H groups in total. The molecule has 15 heavy (non-hydrogen) atoms. The van der Waals surface area contributed by atoms with E-state index in [4.69, 9.17) is 10.5 Å². The predicted molar refractivity (Wildman–Crippen MR) is 66.6 cm³/mol. The highest BCUT2D eigenvalue weighted by molar-refractivity contribution is 5.85. The van der Waals surface area contributed by atoms with Crippen LogP contribution in [0.5, 0.6) is 0 Å². The molecule has 0 spiro atoms. The second-order valence-electron chi connectivity index (χ2n) is 4.52. The molecule has 1 saturated carbocycles. The Labute approximate surface area is 99.7 Å². The number of hydrogen-bond acceptors (Lipinski definition) is 3. The van der Waals surface area contributed by atoms with Crippen molar-refractivity contribution >= 4 is 12.4 Å². The van der Waals surface area contributed by atoms with Crippen LogP contribution in [-0.4, -0.2) is 43.8 Å². The lowest BCUT2D eigenvalue weighted by Crippen LogP contribution is -2.33. The van der Waals surface area contributed by atoms with Crippen molar-refractivity contribution in [3.05, 3.63) is 0 Å². The molecule has 0 unspecified atom stereocenters. The first kappa shape index (κ1) is 15.2. The monoisotopic (exact) mass is 236 g/mol. The molecule has 92 valence electrons. The van der Waals surface area contributed by atoms with Gasteiger partial charge in [0.15, 0.2) is 0 Å². The van der Waals surface area contributed by atoms with Crippen LogP contribution in [0.4, 0.5) is 0 Å². The van der Waals surface area contributed by atoms with Gasteiger partial charge < -0.3 is 10.5 Å². The molecule has 0 aromatic rings. The van der Waals surface area contributed by atoms with Crippen molar-refractivity contribution in [1.29, 1.82) is 0 Å². The van der Waals surface area contributed by atoms with Crippen LogP contribution in [0.15, 0.2) is 0 Å². The van der Waals surface area contributed by atoms with Gasteiger partial charge in [0, 0.05) is 25.7 Å². The van der Waals surface area contributed by atoms with Crippen LogP contribution < -0.4 is 5.73 Å². The van der Waals surface area contributed by atoms with Crippen molar-refractivity contribution in [3.8, 4) is 0 Å². The lowest BCUT2D eigenvalue weighted by molar-refractivity contribution is 0.101. The Hall–Kier alpha value is 0.170. The average Bonchev–Trinajstić information content (AvgIpc) is 2.92. The van der Waals surface area contributed by atoms with Crippen LogP contribution in [0.1, 0.15) is 26.7 Å². The molecule has 4 heteroatoms. The zero-order valence-electron chi connectivity index (χ0n) is 9.95. The zero-order valence-corrected chi connectivity index (χ0v) is 10.8. The average molecular weight is 237 g/mol. The van der Waals surface area contributed by atoms with E-state index >= 15 is 0 Å². The molecule has 1 aliphatic carbocycles. The molecule has 1 rings (SSSR count). The van der Waals surface area contributed by atoms with E-state index in [1.165, 1.54) is 19.4 Å². The van der Waals surface area contributed by atoms with Gasteiger partial charge in [0.25, 0.3) is 0 Å². The minimum absolute atomic E-state index is 0. The third-order valence-corrected chi connectivity index (χ3v) is 2.45. The van der Waals surface area contributed by atoms with Crippen LogP contribution in [0.2, 0.25) is 0 Å². The van der Waals surface area contributed by atoms with Gasteiger partial charge in [-0.05, 0) is 18.8 Å². The zero-order chi connectivity index (χ0) is 10.4. The molecule has 0 bridgehead atoms. The van der Waals surface area contributed by atoms with E-state index in [9.17, 15) is 0 Å². The van der Waals surface area contributed by atoms with Crippen molar-refractivity contribution in [2.24, 2.45) is 11.7 Å². The summed E-state index contributed by atoms with van der Waals surface area (Å²) >= 11 is 0. The lowest BCUT2D eigenvalue weighted by atomic mass is 10.2. The molecule has 0 aromatic heterocycles. The van der Waals surface area contributed by atoms with Gasteiger partial charge in [0.1, 0.15) is 0 Å². The van der Waals surface area contributed by atoms with Gasteiger partial charge >= 0.3 is 0 Å². The Balaban J connectivity index is 0.00000196. The largest absolute Gasteiger partial charge is 0.379 e. The highest BCUT2D eigenvalue weighted by Gasteiger charge is 2.28. The Morgan fingerprint density at radius 1 is 1.33 bits per heavy atom. The van der Waals surface area contributed by atoms with E-state index in [0.29, 0.717) is 13.2 Å². The molecule has 0 radical (unpaired) electrons. The molecule has 3 nitrogen and oxygen atoms in total. The van der Waals surface area contributed by atoms with Crippen molar-refractivity contribution in [2.75, 3.05) is 32.8 Å². The number of ether oxygens (including phenoxy) is 1. The normalized spacial score (nSPS) is 15.8. The maximum atomic E-state index is 5.41. The van der Waals surface area contributed by atoms with E-state index < -0.39 is 0 Å². The summed E-state index contributed by atoms with van der Waals surface area (Å²) in [6.07, 6.45) is 2.76. The highest BCUT2D eigenvalue weighted by atomic mass is 35.5. The molecule has 1 fully saturated rings. The van der Waals surface area contributed by atoms with E-state index in [2.05, 4.69) is 18.7 Å². The summed E-state index contributed by atoms with van der Waals surface area (Å²) in [6, 6.07) is 0.846. The Kier molecular flexibility index (Phi) is 8.43. The first-order valence-electron chi connectivity index (χ1n) is 5.76. The summed E-state index contributed by atoms with van der Waals surface area (Å²) in [5, 5.41) is 0. The standard InChI is InChI=1S/C11H24N2O.ClH/c1-10(2)9-13(11-3-4-11)6-8-14-7-5-12;/h10-11H,3-9,12H2,1-2H3;1H. The minimum Gasteiger partial charge on any atom is -0.379 e. The van der Waals surface area contributed by atoms with Gasteiger partial charge in [-0.2, -0.15) is 0 Å². The van der Waals surface area contributed by atoms with Crippen molar-refractivity contribution in [1.82, 2.24) is 4.90 Å². The van der Waals surface area contributed by atoms with E-state index in [0.717, 1.165) is 25.1 Å². The molecular formula is C11H25ClN2O. The van der Waals surface area contributed by atoms with Crippen molar-refractivity contribution in [3.63, 3.8) is 0 Å². The summed E-state index contributed by atoms with van der Waals surface area (Å²) in [7, 11) is 0. The number of nitrogens with two attached hydrogens (primary N) is 1. The summed E-state index contributed by atoms with van der Waals surface area (Å²) in [4.78, 5) is 2.56. The van der Waals surface area contributed by atoms with Crippen LogP contribution in [-0.2, 0) is 4.74 Å². The molecule has 0 aromatic carbocycles. The summed E-state index contributed by atoms with van der Waals surface area (Å²) in [6.45, 7) is 8.99. The lowest BCUT2D eigenvalue weighted by Gasteiger charge is -2.23. The maximum absolute atomic E-state index is 5.41. The van der Waals surface area contributed by atoms with Gasteiger partial charge in [0.05, 0.1) is 13.2 Å². The smallest absolute Gasteiger partial charge is 0.0594 e. The van der Waals surface area contributed by atoms with Crippen molar-refractivity contribution < 1.29 is 4.74 Å². The number of halogens is 1. The fourth-order valence-electron chi connectivity index (χ4n) is 1.70. The second kappa shape index (κ2) is 8.34. The van der Waals surface area contributed by atoms with Crippen LogP contribution in [0.3, 0.4) is 0 Å². The topological polar surface area (TPSA) is 38.5 Å². The molecule has 0 atom stereocenters. The van der Waals surface area contributed by atoms with Gasteiger partial charge in [0.2, 0.25) is 0 Å². The highest BCUT2D eigenvalue weighted by Crippen LogP contribution is 2.27. The fourth-order valence-corrected chi connectivity index (χ4v) is 1.70. The first-order chi connectivity index (χ1) is 6.74. The summed E-state index contributed by atoms with van der Waals surface area (Å²) in [5.41, 5.74) is 5.36. The van der Waals surface area contributed by atoms with Gasteiger partial charge in [-0.3, -0.25) is 4.90 Å². The Morgan fingerprint density at radius 3 is 2.47 bits per heavy atom. The number of nitrogens with zero attached hydrogens (tertiary/aromatic N) is 1. The van der Waals surface area contributed by atoms with Gasteiger partial charge in [-0.1, -0.05) is 13.8 Å². The molecule has 0 aliphatic heterocycles. The number of hydrogen-bond donors (Lipinski definition) is 1. The van der Waals surface area contributed by atoms with Crippen LogP contribution in [0, 0.1) is 5.92 Å². The van der Waals surface area contributed by atoms with Crippen LogP contribution >= 0.6 is 12.4 Å². The van der Waals surface area contributed by atoms with Crippen LogP contribution in [0.25, 0.3) is 0 Å². The molecular weight excluding hydrogens is 212 g/mol. The summed E-state index contributed by atoms with van der Waals surface area (Å²) in [5.74, 6) is 0.755. The predicted octanol–water partition coefficient (Wildman–Crippen LogP) is 1.50. The van der Waals surface area contributed by atoms with E-state index in [-0.39, 0.29) is 12.4 Å². The third kappa shape index (κ3) is 7.12. The van der Waals surface area contributed by atoms with Gasteiger partial charge in [-0.25, -0.2) is 0 Å². The second-order valence-corrected chi connectivity index (χ2v) is 4.52. The van der Waals surface area contributed by atoms with Crippen molar-refractivity contribution in [2.45, 2.75) is 32.7 Å². The third-order valence-electron chi connectivity index (χ3n) is 2.45. The summed E-state index contributed by atoms with van der Waals surface area (Å²) < 4.78 is 5.41. The number of rotatable bonds is 8. The maximum Gasteiger partial charge on any atom is 0.0594 e. The molecule has 1 aliphatic rings. The quantitative estimate of drug-likeness (QED) is 0.650. The SMILES string of the molecule is CC(C)CN(CCOCCN)C1CC1.Cl. The molecule has 0 amide bonds. The van der Waals surface area contributed by atoms with E-state index in [1.807, 2.05) is 0 Å². The molecule has 0 saturated heterocycles. The minimum atomic E-state index is 0. The fraction of sp³-hybridized carbons (Fsp3) is 1.00.